The number of rotatable bonds is 2. The van der Waals surface area contributed by atoms with Crippen molar-refractivity contribution in [2.24, 2.45) is 5.90 Å². The lowest BCUT2D eigenvalue weighted by Gasteiger charge is -1.84. The maximum Gasteiger partial charge on any atom is 0.349 e. The topological polar surface area (TPSA) is 69.4 Å². The lowest BCUT2D eigenvalue weighted by molar-refractivity contribution is -0.138. The number of hydrogen-bond acceptors (Lipinski definition) is 4. The second-order valence-corrected chi connectivity index (χ2v) is 1.38. The third-order valence-corrected chi connectivity index (χ3v) is 0.570. The van der Waals surface area contributed by atoms with Crippen LogP contribution in [0.4, 0.5) is 0 Å². The van der Waals surface area contributed by atoms with Gasteiger partial charge in [-0.2, -0.15) is 5.90 Å². The first-order valence-corrected chi connectivity index (χ1v) is 2.26. The first-order valence-electron chi connectivity index (χ1n) is 2.26. The first-order chi connectivity index (χ1) is 4.16. The maximum absolute atomic E-state index is 10.1. The minimum atomic E-state index is -0.731. The zero-order valence-electron chi connectivity index (χ0n) is 4.96. The molecule has 0 aliphatic carbocycles. The summed E-state index contributed by atoms with van der Waals surface area (Å²) >= 11 is 0. The second kappa shape index (κ2) is 3.80. The van der Waals surface area contributed by atoms with Crippen LogP contribution in [-0.4, -0.2) is 11.8 Å². The number of carbonyl (C=O) groups is 2. The number of allylic oxidation sites excluding steroid dienone is 1. The predicted molar refractivity (Wildman–Crippen MR) is 30.1 cm³/mol. The summed E-state index contributed by atoms with van der Waals surface area (Å²) in [4.78, 5) is 24.0. The summed E-state index contributed by atoms with van der Waals surface area (Å²) < 4.78 is 0. The molecule has 9 heavy (non-hydrogen) atoms. The van der Waals surface area contributed by atoms with E-state index in [9.17, 15) is 9.59 Å². The molecule has 0 bridgehead atoms. The molecule has 0 saturated heterocycles. The Kier molecular flexibility index (Phi) is 3.31. The van der Waals surface area contributed by atoms with Crippen LogP contribution in [0.1, 0.15) is 6.92 Å². The van der Waals surface area contributed by atoms with Crippen LogP contribution in [0, 0.1) is 0 Å². The molecule has 0 fully saturated rings. The van der Waals surface area contributed by atoms with Crippen molar-refractivity contribution in [2.45, 2.75) is 6.92 Å². The van der Waals surface area contributed by atoms with Crippen molar-refractivity contribution in [2.75, 3.05) is 0 Å². The Balaban J connectivity index is 3.71. The zero-order valence-corrected chi connectivity index (χ0v) is 4.96. The molecule has 0 atom stereocenters. The summed E-state index contributed by atoms with van der Waals surface area (Å²) in [6.07, 6.45) is 2.04. The lowest BCUT2D eigenvalue weighted by atomic mass is 10.4. The van der Waals surface area contributed by atoms with Gasteiger partial charge in [0.25, 0.3) is 0 Å². The standard InChI is InChI=1S/C5H7NO3/c1-4(7)2-3-5(8)9-6/h2-3H,6H2,1H3/b3-2+. The third-order valence-electron chi connectivity index (χ3n) is 0.570. The molecule has 0 radical (unpaired) electrons. The molecule has 0 rings (SSSR count). The summed E-state index contributed by atoms with van der Waals surface area (Å²) in [6.45, 7) is 1.32. The highest BCUT2D eigenvalue weighted by Gasteiger charge is 1.90. The van der Waals surface area contributed by atoms with Crippen molar-refractivity contribution < 1.29 is 14.4 Å². The zero-order chi connectivity index (χ0) is 7.28. The van der Waals surface area contributed by atoms with Gasteiger partial charge >= 0.3 is 5.97 Å². The molecule has 0 unspecified atom stereocenters. The Morgan fingerprint density at radius 3 is 2.33 bits per heavy atom. The van der Waals surface area contributed by atoms with E-state index >= 15 is 0 Å². The summed E-state index contributed by atoms with van der Waals surface area (Å²) in [5.41, 5.74) is 0. The van der Waals surface area contributed by atoms with E-state index in [1.54, 1.807) is 0 Å². The van der Waals surface area contributed by atoms with Crippen LogP contribution in [0.5, 0.6) is 0 Å². The number of carbonyl (C=O) groups excluding carboxylic acids is 2. The molecule has 0 aromatic carbocycles. The van der Waals surface area contributed by atoms with E-state index in [0.717, 1.165) is 12.2 Å². The van der Waals surface area contributed by atoms with Gasteiger partial charge in [-0.1, -0.05) is 0 Å². The molecule has 0 spiro atoms. The van der Waals surface area contributed by atoms with Gasteiger partial charge in [0, 0.05) is 6.08 Å². The van der Waals surface area contributed by atoms with Crippen LogP contribution < -0.4 is 5.90 Å². The lowest BCUT2D eigenvalue weighted by Crippen LogP contribution is -2.06. The van der Waals surface area contributed by atoms with Crippen LogP contribution >= 0.6 is 0 Å². The molecule has 4 nitrogen and oxygen atoms in total. The van der Waals surface area contributed by atoms with Gasteiger partial charge in [-0.05, 0) is 13.0 Å². The highest BCUT2D eigenvalue weighted by atomic mass is 16.7. The second-order valence-electron chi connectivity index (χ2n) is 1.38. The number of ketones is 1. The van der Waals surface area contributed by atoms with Crippen LogP contribution in [0.2, 0.25) is 0 Å². The van der Waals surface area contributed by atoms with E-state index in [1.165, 1.54) is 6.92 Å². The van der Waals surface area contributed by atoms with Gasteiger partial charge in [-0.15, -0.1) is 0 Å². The van der Waals surface area contributed by atoms with Gasteiger partial charge in [0.05, 0.1) is 0 Å². The largest absolute Gasteiger partial charge is 0.370 e. The Morgan fingerprint density at radius 2 is 2.00 bits per heavy atom. The minimum Gasteiger partial charge on any atom is -0.370 e. The molecule has 0 aliphatic heterocycles. The first kappa shape index (κ1) is 7.84. The molecule has 0 heterocycles. The molecule has 0 aromatic heterocycles. The van der Waals surface area contributed by atoms with Crippen molar-refractivity contribution in [3.8, 4) is 0 Å². The molecule has 2 N–H and O–H groups in total. The van der Waals surface area contributed by atoms with E-state index < -0.39 is 5.97 Å². The van der Waals surface area contributed by atoms with Crippen molar-refractivity contribution in [3.05, 3.63) is 12.2 Å². The van der Waals surface area contributed by atoms with Crippen molar-refractivity contribution in [1.29, 1.82) is 0 Å². The molecular formula is C5H7NO3. The van der Waals surface area contributed by atoms with Gasteiger partial charge in [0.1, 0.15) is 0 Å². The fraction of sp³-hybridized carbons (Fsp3) is 0.200. The van der Waals surface area contributed by atoms with Crippen molar-refractivity contribution in [3.63, 3.8) is 0 Å². The van der Waals surface area contributed by atoms with Crippen molar-refractivity contribution >= 4 is 11.8 Å². The Bertz CT molecular complexity index is 150. The van der Waals surface area contributed by atoms with E-state index in [1.807, 2.05) is 0 Å². The van der Waals surface area contributed by atoms with Gasteiger partial charge < -0.3 is 4.84 Å². The molecule has 0 amide bonds. The van der Waals surface area contributed by atoms with E-state index in [-0.39, 0.29) is 5.78 Å². The Hall–Kier alpha value is -1.16. The minimum absolute atomic E-state index is 0.222. The van der Waals surface area contributed by atoms with Crippen molar-refractivity contribution in [1.82, 2.24) is 0 Å². The van der Waals surface area contributed by atoms with Crippen LogP contribution in [0.15, 0.2) is 12.2 Å². The fourth-order valence-corrected chi connectivity index (χ4v) is 0.225. The maximum atomic E-state index is 10.1. The normalized spacial score (nSPS) is 9.56. The average molecular weight is 129 g/mol. The number of nitrogens with two attached hydrogens (primary N) is 1. The predicted octanol–water partition coefficient (Wildman–Crippen LogP) is -0.451. The van der Waals surface area contributed by atoms with Crippen LogP contribution in [0.25, 0.3) is 0 Å². The van der Waals surface area contributed by atoms with E-state index in [2.05, 4.69) is 10.7 Å². The molecule has 0 aliphatic rings. The SMILES string of the molecule is CC(=O)/C=C/C(=O)ON. The van der Waals surface area contributed by atoms with Gasteiger partial charge in [0.15, 0.2) is 5.78 Å². The summed E-state index contributed by atoms with van der Waals surface area (Å²) in [5.74, 6) is 3.49. The van der Waals surface area contributed by atoms with Gasteiger partial charge in [-0.3, -0.25) is 4.79 Å². The number of hydrogen-bond donors (Lipinski definition) is 1. The third kappa shape index (κ3) is 4.70. The van der Waals surface area contributed by atoms with Gasteiger partial charge in [-0.25, -0.2) is 4.79 Å². The van der Waals surface area contributed by atoms with E-state index in [4.69, 9.17) is 0 Å². The summed E-state index contributed by atoms with van der Waals surface area (Å²) in [7, 11) is 0. The molecule has 50 valence electrons. The Labute approximate surface area is 52.2 Å². The monoisotopic (exact) mass is 129 g/mol. The summed E-state index contributed by atoms with van der Waals surface area (Å²) in [5, 5.41) is 0. The van der Waals surface area contributed by atoms with Crippen LogP contribution in [0.3, 0.4) is 0 Å². The highest BCUT2D eigenvalue weighted by molar-refractivity contribution is 5.94. The molecule has 4 heteroatoms. The van der Waals surface area contributed by atoms with Crippen LogP contribution in [-0.2, 0) is 14.4 Å². The fourth-order valence-electron chi connectivity index (χ4n) is 0.225. The molecule has 0 saturated carbocycles. The molecular weight excluding hydrogens is 122 g/mol. The summed E-state index contributed by atoms with van der Waals surface area (Å²) in [6, 6.07) is 0. The quantitative estimate of drug-likeness (QED) is 0.405. The average Bonchev–Trinajstić information content (AvgIpc) is 1.83. The van der Waals surface area contributed by atoms with Gasteiger partial charge in [0.2, 0.25) is 0 Å². The van der Waals surface area contributed by atoms with E-state index in [0.29, 0.717) is 0 Å². The molecule has 0 aromatic rings. The highest BCUT2D eigenvalue weighted by Crippen LogP contribution is 1.76. The Morgan fingerprint density at radius 1 is 1.44 bits per heavy atom. The smallest absolute Gasteiger partial charge is 0.349 e.